The molecule has 4 nitrogen and oxygen atoms in total. The van der Waals surface area contributed by atoms with Gasteiger partial charge in [0.05, 0.1) is 5.56 Å². The quantitative estimate of drug-likeness (QED) is 0.664. The van der Waals surface area contributed by atoms with E-state index in [1.165, 1.54) is 18.4 Å². The number of benzene rings is 1. The van der Waals surface area contributed by atoms with Crippen molar-refractivity contribution in [3.05, 3.63) is 35.4 Å². The fourth-order valence-corrected chi connectivity index (χ4v) is 2.91. The van der Waals surface area contributed by atoms with Gasteiger partial charge in [0.2, 0.25) is 0 Å². The number of rotatable bonds is 5. The van der Waals surface area contributed by atoms with Gasteiger partial charge in [-0.3, -0.25) is 4.79 Å². The number of ether oxygens (including phenoxy) is 1. The summed E-state index contributed by atoms with van der Waals surface area (Å²) in [5, 5.41) is 2.97. The Morgan fingerprint density at radius 2 is 1.70 bits per heavy atom. The van der Waals surface area contributed by atoms with Gasteiger partial charge in [-0.15, -0.1) is 0 Å². The molecule has 4 heteroatoms. The summed E-state index contributed by atoms with van der Waals surface area (Å²) in [7, 11) is 0. The number of carbonyl (C=O) groups excluding carboxylic acids is 2. The first-order chi connectivity index (χ1) is 11.1. The van der Waals surface area contributed by atoms with Crippen LogP contribution in [0.25, 0.3) is 0 Å². The first-order valence-electron chi connectivity index (χ1n) is 8.62. The minimum absolute atomic E-state index is 0.205. The van der Waals surface area contributed by atoms with Crippen molar-refractivity contribution in [2.24, 2.45) is 0 Å². The minimum Gasteiger partial charge on any atom is -0.452 e. The topological polar surface area (TPSA) is 55.4 Å². The van der Waals surface area contributed by atoms with Crippen molar-refractivity contribution in [1.29, 1.82) is 0 Å². The third kappa shape index (κ3) is 5.70. The molecule has 1 amide bonds. The van der Waals surface area contributed by atoms with Gasteiger partial charge < -0.3 is 10.1 Å². The van der Waals surface area contributed by atoms with Crippen LogP contribution < -0.4 is 5.32 Å². The minimum atomic E-state index is -0.448. The van der Waals surface area contributed by atoms with E-state index in [0.717, 1.165) is 25.7 Å². The fourth-order valence-electron chi connectivity index (χ4n) is 2.91. The van der Waals surface area contributed by atoms with Crippen LogP contribution in [0.15, 0.2) is 24.3 Å². The van der Waals surface area contributed by atoms with Gasteiger partial charge >= 0.3 is 5.97 Å². The summed E-state index contributed by atoms with van der Waals surface area (Å²) in [6.07, 6.45) is 6.86. The highest BCUT2D eigenvalue weighted by Crippen LogP contribution is 2.17. The first-order valence-corrected chi connectivity index (χ1v) is 8.62. The van der Waals surface area contributed by atoms with Gasteiger partial charge in [-0.2, -0.15) is 0 Å². The van der Waals surface area contributed by atoms with Gasteiger partial charge in [-0.25, -0.2) is 4.79 Å². The Hall–Kier alpha value is -1.84. The smallest absolute Gasteiger partial charge is 0.338 e. The molecule has 0 saturated heterocycles. The zero-order valence-electron chi connectivity index (χ0n) is 14.1. The average molecular weight is 317 g/mol. The van der Waals surface area contributed by atoms with Crippen molar-refractivity contribution in [2.45, 2.75) is 64.3 Å². The van der Waals surface area contributed by atoms with Gasteiger partial charge in [-0.05, 0) is 36.5 Å². The highest BCUT2D eigenvalue weighted by Gasteiger charge is 2.16. The van der Waals surface area contributed by atoms with Crippen LogP contribution in [-0.2, 0) is 9.53 Å². The second-order valence-electron chi connectivity index (χ2n) is 6.61. The lowest BCUT2D eigenvalue weighted by atomic mass is 10.0. The molecule has 0 radical (unpaired) electrons. The van der Waals surface area contributed by atoms with Crippen LogP contribution in [-0.4, -0.2) is 24.5 Å². The molecule has 0 unspecified atom stereocenters. The van der Waals surface area contributed by atoms with E-state index in [4.69, 9.17) is 4.74 Å². The molecule has 0 aliphatic heterocycles. The summed E-state index contributed by atoms with van der Waals surface area (Å²) in [5.41, 5.74) is 1.66. The molecule has 126 valence electrons. The lowest BCUT2D eigenvalue weighted by Gasteiger charge is -2.16. The number of carbonyl (C=O) groups is 2. The van der Waals surface area contributed by atoms with E-state index >= 15 is 0 Å². The number of hydrogen-bond donors (Lipinski definition) is 1. The molecular weight excluding hydrogens is 290 g/mol. The van der Waals surface area contributed by atoms with E-state index in [1.807, 2.05) is 12.1 Å². The summed E-state index contributed by atoms with van der Waals surface area (Å²) >= 11 is 0. The molecule has 0 spiro atoms. The second kappa shape index (κ2) is 8.70. The van der Waals surface area contributed by atoms with Gasteiger partial charge in [-0.1, -0.05) is 51.7 Å². The van der Waals surface area contributed by atoms with E-state index in [-0.39, 0.29) is 18.6 Å². The summed E-state index contributed by atoms with van der Waals surface area (Å²) in [6, 6.07) is 7.58. The highest BCUT2D eigenvalue weighted by atomic mass is 16.5. The van der Waals surface area contributed by atoms with Crippen molar-refractivity contribution >= 4 is 11.9 Å². The maximum absolute atomic E-state index is 12.0. The van der Waals surface area contributed by atoms with Crippen LogP contribution in [0.1, 0.15) is 74.2 Å². The number of nitrogens with one attached hydrogen (secondary N) is 1. The molecule has 1 aromatic carbocycles. The fraction of sp³-hybridized carbons (Fsp3) is 0.579. The third-order valence-corrected chi connectivity index (χ3v) is 4.37. The van der Waals surface area contributed by atoms with Crippen LogP contribution in [0, 0.1) is 0 Å². The van der Waals surface area contributed by atoms with Crippen molar-refractivity contribution in [3.63, 3.8) is 0 Å². The maximum Gasteiger partial charge on any atom is 0.338 e. The van der Waals surface area contributed by atoms with E-state index in [0.29, 0.717) is 11.5 Å². The van der Waals surface area contributed by atoms with Crippen LogP contribution >= 0.6 is 0 Å². The molecule has 0 bridgehead atoms. The molecule has 23 heavy (non-hydrogen) atoms. The standard InChI is InChI=1S/C19H27NO3/c1-14(2)15-9-11-16(12-10-15)19(22)23-13-18(21)20-17-7-5-3-4-6-8-17/h9-12,14,17H,3-8,13H2,1-2H3,(H,20,21). The predicted molar refractivity (Wildman–Crippen MR) is 90.4 cm³/mol. The van der Waals surface area contributed by atoms with E-state index in [9.17, 15) is 9.59 Å². The average Bonchev–Trinajstić information content (AvgIpc) is 2.81. The van der Waals surface area contributed by atoms with E-state index in [2.05, 4.69) is 19.2 Å². The Balaban J connectivity index is 1.77. The Bertz CT molecular complexity index is 514. The molecule has 0 heterocycles. The van der Waals surface area contributed by atoms with Gasteiger partial charge in [0.1, 0.15) is 0 Å². The van der Waals surface area contributed by atoms with Gasteiger partial charge in [0.15, 0.2) is 6.61 Å². The molecule has 1 aliphatic carbocycles. The summed E-state index contributed by atoms with van der Waals surface area (Å²) < 4.78 is 5.11. The Morgan fingerprint density at radius 1 is 1.09 bits per heavy atom. The van der Waals surface area contributed by atoms with Crippen molar-refractivity contribution in [2.75, 3.05) is 6.61 Å². The van der Waals surface area contributed by atoms with Crippen LogP contribution in [0.4, 0.5) is 0 Å². The largest absolute Gasteiger partial charge is 0.452 e. The monoisotopic (exact) mass is 317 g/mol. The lowest BCUT2D eigenvalue weighted by Crippen LogP contribution is -2.37. The second-order valence-corrected chi connectivity index (χ2v) is 6.61. The van der Waals surface area contributed by atoms with E-state index < -0.39 is 5.97 Å². The van der Waals surface area contributed by atoms with Gasteiger partial charge in [0, 0.05) is 6.04 Å². The molecule has 1 aromatic rings. The Morgan fingerprint density at radius 3 is 2.26 bits per heavy atom. The third-order valence-electron chi connectivity index (χ3n) is 4.37. The summed E-state index contributed by atoms with van der Waals surface area (Å²) in [5.74, 6) is -0.231. The molecular formula is C19H27NO3. The molecule has 2 rings (SSSR count). The number of hydrogen-bond acceptors (Lipinski definition) is 3. The van der Waals surface area contributed by atoms with Gasteiger partial charge in [0.25, 0.3) is 5.91 Å². The zero-order chi connectivity index (χ0) is 16.7. The predicted octanol–water partition coefficient (Wildman–Crippen LogP) is 3.81. The molecule has 1 aliphatic rings. The SMILES string of the molecule is CC(C)c1ccc(C(=O)OCC(=O)NC2CCCCCC2)cc1. The molecule has 0 aromatic heterocycles. The maximum atomic E-state index is 12.0. The molecule has 1 N–H and O–H groups in total. The molecule has 1 saturated carbocycles. The van der Waals surface area contributed by atoms with Crippen molar-refractivity contribution in [1.82, 2.24) is 5.32 Å². The number of amides is 1. The Labute approximate surface area is 138 Å². The molecule has 0 atom stereocenters. The van der Waals surface area contributed by atoms with Crippen LogP contribution in [0.2, 0.25) is 0 Å². The zero-order valence-corrected chi connectivity index (χ0v) is 14.1. The number of esters is 1. The highest BCUT2D eigenvalue weighted by molar-refractivity contribution is 5.91. The van der Waals surface area contributed by atoms with Crippen LogP contribution in [0.3, 0.4) is 0 Å². The summed E-state index contributed by atoms with van der Waals surface area (Å²) in [4.78, 5) is 23.9. The van der Waals surface area contributed by atoms with Crippen molar-refractivity contribution < 1.29 is 14.3 Å². The van der Waals surface area contributed by atoms with E-state index in [1.54, 1.807) is 12.1 Å². The van der Waals surface area contributed by atoms with Crippen LogP contribution in [0.5, 0.6) is 0 Å². The summed E-state index contributed by atoms with van der Waals surface area (Å²) in [6.45, 7) is 4.00. The lowest BCUT2D eigenvalue weighted by molar-refractivity contribution is -0.125. The Kier molecular flexibility index (Phi) is 6.63. The normalized spacial score (nSPS) is 16.0. The first kappa shape index (κ1) is 17.5. The van der Waals surface area contributed by atoms with Crippen molar-refractivity contribution in [3.8, 4) is 0 Å². The molecule has 1 fully saturated rings.